The highest BCUT2D eigenvalue weighted by molar-refractivity contribution is 5.35. The van der Waals surface area contributed by atoms with Crippen molar-refractivity contribution in [2.24, 2.45) is 5.92 Å². The first-order chi connectivity index (χ1) is 8.81. The quantitative estimate of drug-likeness (QED) is 0.704. The van der Waals surface area contributed by atoms with Crippen molar-refractivity contribution in [3.63, 3.8) is 0 Å². The molecule has 1 fully saturated rings. The van der Waals surface area contributed by atoms with E-state index in [1.165, 1.54) is 56.9 Å². The van der Waals surface area contributed by atoms with Crippen LogP contribution >= 0.6 is 0 Å². The summed E-state index contributed by atoms with van der Waals surface area (Å²) >= 11 is 0. The second-order valence-electron chi connectivity index (χ2n) is 5.77. The summed E-state index contributed by atoms with van der Waals surface area (Å²) in [7, 11) is 0. The number of rotatable bonds is 5. The molecule has 1 aliphatic rings. The number of hydrogen-bond donors (Lipinski definition) is 1. The van der Waals surface area contributed by atoms with Crippen LogP contribution in [-0.2, 0) is 0 Å². The van der Waals surface area contributed by atoms with Gasteiger partial charge >= 0.3 is 0 Å². The van der Waals surface area contributed by atoms with Crippen molar-refractivity contribution < 1.29 is 5.11 Å². The van der Waals surface area contributed by atoms with Crippen LogP contribution in [-0.4, -0.2) is 5.11 Å². The monoisotopic (exact) mass is 246 g/mol. The summed E-state index contributed by atoms with van der Waals surface area (Å²) in [6.07, 6.45) is 10.8. The topological polar surface area (TPSA) is 20.2 Å². The first kappa shape index (κ1) is 13.5. The lowest BCUT2D eigenvalue weighted by Crippen LogP contribution is -2.13. The summed E-state index contributed by atoms with van der Waals surface area (Å²) in [6.45, 7) is 2.27. The van der Waals surface area contributed by atoms with Gasteiger partial charge in [-0.1, -0.05) is 50.8 Å². The molecule has 0 amide bonds. The second-order valence-corrected chi connectivity index (χ2v) is 5.77. The van der Waals surface area contributed by atoms with Gasteiger partial charge in [0.1, 0.15) is 5.75 Å². The fourth-order valence-electron chi connectivity index (χ4n) is 3.28. The molecule has 1 aromatic rings. The molecule has 18 heavy (non-hydrogen) atoms. The van der Waals surface area contributed by atoms with Crippen LogP contribution < -0.4 is 0 Å². The Morgan fingerprint density at radius 1 is 1.06 bits per heavy atom. The van der Waals surface area contributed by atoms with Crippen LogP contribution in [0.3, 0.4) is 0 Å². The summed E-state index contributed by atoms with van der Waals surface area (Å²) in [6, 6.07) is 7.87. The van der Waals surface area contributed by atoms with E-state index in [-0.39, 0.29) is 0 Å². The van der Waals surface area contributed by atoms with Gasteiger partial charge < -0.3 is 5.11 Å². The maximum Gasteiger partial charge on any atom is 0.119 e. The predicted octanol–water partition coefficient (Wildman–Crippen LogP) is 5.25. The zero-order valence-corrected chi connectivity index (χ0v) is 11.6. The van der Waals surface area contributed by atoms with Crippen molar-refractivity contribution >= 4 is 0 Å². The Kier molecular flexibility index (Phi) is 5.10. The van der Waals surface area contributed by atoms with E-state index in [0.29, 0.717) is 11.7 Å². The number of hydrogen-bond acceptors (Lipinski definition) is 1. The molecule has 0 bridgehead atoms. The molecule has 1 heteroatoms. The Balaban J connectivity index is 1.81. The van der Waals surface area contributed by atoms with E-state index in [1.807, 2.05) is 18.2 Å². The van der Waals surface area contributed by atoms with Gasteiger partial charge in [-0.25, -0.2) is 0 Å². The zero-order valence-electron chi connectivity index (χ0n) is 11.6. The van der Waals surface area contributed by atoms with Crippen LogP contribution in [0.25, 0.3) is 0 Å². The molecule has 0 heterocycles. The minimum absolute atomic E-state index is 0.493. The fourth-order valence-corrected chi connectivity index (χ4v) is 3.28. The first-order valence-electron chi connectivity index (χ1n) is 7.59. The zero-order chi connectivity index (χ0) is 12.8. The van der Waals surface area contributed by atoms with E-state index in [4.69, 9.17) is 0 Å². The van der Waals surface area contributed by atoms with Crippen molar-refractivity contribution in [2.45, 2.75) is 64.2 Å². The average Bonchev–Trinajstić information content (AvgIpc) is 2.41. The van der Waals surface area contributed by atoms with Gasteiger partial charge in [0, 0.05) is 0 Å². The van der Waals surface area contributed by atoms with Crippen molar-refractivity contribution in [1.82, 2.24) is 0 Å². The van der Waals surface area contributed by atoms with Gasteiger partial charge in [-0.05, 0) is 49.1 Å². The fraction of sp³-hybridized carbons (Fsp3) is 0.647. The Bertz CT molecular complexity index is 350. The minimum atomic E-state index is 0.493. The van der Waals surface area contributed by atoms with E-state index in [0.717, 1.165) is 5.92 Å². The van der Waals surface area contributed by atoms with Crippen molar-refractivity contribution in [3.05, 3.63) is 29.8 Å². The summed E-state index contributed by atoms with van der Waals surface area (Å²) in [5, 5.41) is 9.90. The molecule has 100 valence electrons. The lowest BCUT2D eigenvalue weighted by atomic mass is 9.77. The lowest BCUT2D eigenvalue weighted by molar-refractivity contribution is 0.299. The third-order valence-electron chi connectivity index (χ3n) is 4.44. The number of aromatic hydroxyl groups is 1. The van der Waals surface area contributed by atoms with Crippen molar-refractivity contribution in [2.75, 3.05) is 0 Å². The van der Waals surface area contributed by atoms with E-state index in [9.17, 15) is 5.11 Å². The third kappa shape index (κ3) is 3.51. The molecule has 0 aromatic heterocycles. The van der Waals surface area contributed by atoms with Gasteiger partial charge in [-0.2, -0.15) is 0 Å². The molecule has 0 aliphatic heterocycles. The molecule has 0 spiro atoms. The maximum atomic E-state index is 9.90. The van der Waals surface area contributed by atoms with Crippen molar-refractivity contribution in [1.29, 1.82) is 0 Å². The summed E-state index contributed by atoms with van der Waals surface area (Å²) in [4.78, 5) is 0. The molecule has 1 aliphatic carbocycles. The van der Waals surface area contributed by atoms with Crippen LogP contribution in [0.4, 0.5) is 0 Å². The van der Waals surface area contributed by atoms with E-state index >= 15 is 0 Å². The Labute approximate surface area is 111 Å². The molecular weight excluding hydrogens is 220 g/mol. The first-order valence-corrected chi connectivity index (χ1v) is 7.59. The van der Waals surface area contributed by atoms with Gasteiger partial charge in [0.15, 0.2) is 0 Å². The number of phenolic OH excluding ortho intramolecular Hbond substituents is 1. The third-order valence-corrected chi connectivity index (χ3v) is 4.44. The maximum absolute atomic E-state index is 9.90. The molecular formula is C17H26O. The van der Waals surface area contributed by atoms with Crippen LogP contribution in [0.1, 0.15) is 69.8 Å². The SMILES string of the molecule is CCCCC[C@H]1CC[C@H](c2ccccc2O)CC1. The van der Waals surface area contributed by atoms with Crippen LogP contribution in [0.5, 0.6) is 5.75 Å². The number of phenols is 1. The molecule has 0 unspecified atom stereocenters. The number of benzene rings is 1. The minimum Gasteiger partial charge on any atom is -0.508 e. The molecule has 1 saturated carbocycles. The second kappa shape index (κ2) is 6.82. The Hall–Kier alpha value is -0.980. The van der Waals surface area contributed by atoms with Gasteiger partial charge in [0.05, 0.1) is 0 Å². The molecule has 1 N–H and O–H groups in total. The van der Waals surface area contributed by atoms with Gasteiger partial charge in [0.2, 0.25) is 0 Å². The van der Waals surface area contributed by atoms with Crippen LogP contribution in [0.15, 0.2) is 24.3 Å². The van der Waals surface area contributed by atoms with E-state index in [1.54, 1.807) is 0 Å². The predicted molar refractivity (Wildman–Crippen MR) is 76.9 cm³/mol. The Morgan fingerprint density at radius 2 is 1.78 bits per heavy atom. The van der Waals surface area contributed by atoms with E-state index in [2.05, 4.69) is 13.0 Å². The average molecular weight is 246 g/mol. The largest absolute Gasteiger partial charge is 0.508 e. The number of para-hydroxylation sites is 1. The van der Waals surface area contributed by atoms with Gasteiger partial charge in [0.25, 0.3) is 0 Å². The smallest absolute Gasteiger partial charge is 0.119 e. The van der Waals surface area contributed by atoms with Crippen LogP contribution in [0.2, 0.25) is 0 Å². The van der Waals surface area contributed by atoms with E-state index < -0.39 is 0 Å². The lowest BCUT2D eigenvalue weighted by Gasteiger charge is -2.29. The standard InChI is InChI=1S/C17H26O/c1-2-3-4-7-14-10-12-15(13-11-14)16-8-5-6-9-17(16)18/h5-6,8-9,14-15,18H,2-4,7,10-13H2,1H3/t14-,15-. The molecule has 1 nitrogen and oxygen atoms in total. The van der Waals surface area contributed by atoms with Gasteiger partial charge in [-0.3, -0.25) is 0 Å². The summed E-state index contributed by atoms with van der Waals surface area (Å²) < 4.78 is 0. The summed E-state index contributed by atoms with van der Waals surface area (Å²) in [5.74, 6) is 2.03. The number of unbranched alkanes of at least 4 members (excludes halogenated alkanes) is 2. The summed E-state index contributed by atoms with van der Waals surface area (Å²) in [5.41, 5.74) is 1.17. The molecule has 0 atom stereocenters. The van der Waals surface area contributed by atoms with Gasteiger partial charge in [-0.15, -0.1) is 0 Å². The van der Waals surface area contributed by atoms with Crippen LogP contribution in [0, 0.1) is 5.92 Å². The van der Waals surface area contributed by atoms with Crippen molar-refractivity contribution in [3.8, 4) is 5.75 Å². The molecule has 0 radical (unpaired) electrons. The molecule has 2 rings (SSSR count). The Morgan fingerprint density at radius 3 is 2.44 bits per heavy atom. The molecule has 1 aromatic carbocycles. The molecule has 0 saturated heterocycles. The highest BCUT2D eigenvalue weighted by Gasteiger charge is 2.23. The highest BCUT2D eigenvalue weighted by Crippen LogP contribution is 2.40. The highest BCUT2D eigenvalue weighted by atomic mass is 16.3. The normalized spacial score (nSPS) is 24.1.